The number of carbonyl (C=O) groups excluding carboxylic acids is 2. The first-order valence-corrected chi connectivity index (χ1v) is 8.55. The van der Waals surface area contributed by atoms with Gasteiger partial charge in [-0.05, 0) is 48.9 Å². The van der Waals surface area contributed by atoms with E-state index in [0.717, 1.165) is 10.5 Å². The number of halogens is 1. The van der Waals surface area contributed by atoms with Crippen LogP contribution in [-0.2, 0) is 9.59 Å². The molecule has 2 aromatic carbocycles. The van der Waals surface area contributed by atoms with Gasteiger partial charge in [-0.3, -0.25) is 14.5 Å². The lowest BCUT2D eigenvalue weighted by Gasteiger charge is -2.14. The first-order valence-electron chi connectivity index (χ1n) is 8.55. The van der Waals surface area contributed by atoms with Crippen molar-refractivity contribution in [2.45, 2.75) is 6.92 Å². The average Bonchev–Trinajstić information content (AvgIpc) is 3.18. The number of β-amino-alcohol motifs (C(OH)–C–C–N with tert-alkyl or cyclic N) is 1. The van der Waals surface area contributed by atoms with Crippen LogP contribution in [0, 0.1) is 12.7 Å². The van der Waals surface area contributed by atoms with E-state index in [2.05, 4.69) is 15.5 Å². The molecule has 0 bridgehead atoms. The Morgan fingerprint density at radius 2 is 1.79 bits per heavy atom. The van der Waals surface area contributed by atoms with E-state index in [1.807, 2.05) is 6.92 Å². The van der Waals surface area contributed by atoms with Crippen LogP contribution in [0.2, 0.25) is 0 Å². The number of carbonyl (C=O) groups is 2. The van der Waals surface area contributed by atoms with Gasteiger partial charge in [0.2, 0.25) is 0 Å². The Morgan fingerprint density at radius 1 is 1.11 bits per heavy atom. The fraction of sp³-hybridized carbons (Fsp3) is 0.158. The SMILES string of the molecule is Cc1cc2nn(-c3ccc(F)cc3)nc2cc1NC1=CC(=O)N(CCO)C1=O. The molecule has 0 fully saturated rings. The Morgan fingerprint density at radius 3 is 2.46 bits per heavy atom. The van der Waals surface area contributed by atoms with Crippen molar-refractivity contribution >= 4 is 28.5 Å². The van der Waals surface area contributed by atoms with Crippen molar-refractivity contribution in [1.29, 1.82) is 0 Å². The van der Waals surface area contributed by atoms with Gasteiger partial charge in [0.1, 0.15) is 22.5 Å². The maximum absolute atomic E-state index is 13.1. The maximum atomic E-state index is 13.1. The van der Waals surface area contributed by atoms with Crippen molar-refractivity contribution in [2.75, 3.05) is 18.5 Å². The van der Waals surface area contributed by atoms with E-state index in [4.69, 9.17) is 5.11 Å². The summed E-state index contributed by atoms with van der Waals surface area (Å²) in [6.07, 6.45) is 1.21. The standard InChI is InChI=1S/C19H16FN5O3/c1-11-8-15-16(23-25(22-15)13-4-2-12(20)3-5-13)9-14(11)21-17-10-18(27)24(6-7-26)19(17)28/h2-5,8-10,21,26H,6-7H2,1H3. The number of amides is 2. The van der Waals surface area contributed by atoms with E-state index < -0.39 is 11.8 Å². The van der Waals surface area contributed by atoms with Crippen molar-refractivity contribution in [2.24, 2.45) is 0 Å². The summed E-state index contributed by atoms with van der Waals surface area (Å²) in [5, 5.41) is 20.7. The predicted molar refractivity (Wildman–Crippen MR) is 99.1 cm³/mol. The molecule has 0 atom stereocenters. The second-order valence-corrected chi connectivity index (χ2v) is 6.32. The van der Waals surface area contributed by atoms with E-state index >= 15 is 0 Å². The highest BCUT2D eigenvalue weighted by atomic mass is 19.1. The summed E-state index contributed by atoms with van der Waals surface area (Å²) >= 11 is 0. The van der Waals surface area contributed by atoms with E-state index in [0.29, 0.717) is 22.4 Å². The van der Waals surface area contributed by atoms with Crippen LogP contribution >= 0.6 is 0 Å². The van der Waals surface area contributed by atoms with E-state index in [1.54, 1.807) is 24.3 Å². The van der Waals surface area contributed by atoms with Gasteiger partial charge < -0.3 is 10.4 Å². The molecule has 2 heterocycles. The summed E-state index contributed by atoms with van der Waals surface area (Å²) in [7, 11) is 0. The van der Waals surface area contributed by atoms with Crippen LogP contribution in [0.25, 0.3) is 16.7 Å². The fourth-order valence-corrected chi connectivity index (χ4v) is 2.95. The Labute approximate surface area is 158 Å². The predicted octanol–water partition coefficient (Wildman–Crippen LogP) is 1.52. The van der Waals surface area contributed by atoms with Crippen molar-refractivity contribution in [3.05, 3.63) is 59.6 Å². The average molecular weight is 381 g/mol. The van der Waals surface area contributed by atoms with Gasteiger partial charge in [-0.2, -0.15) is 4.80 Å². The Balaban J connectivity index is 1.64. The third-order valence-corrected chi connectivity index (χ3v) is 4.39. The number of anilines is 1. The van der Waals surface area contributed by atoms with Gasteiger partial charge >= 0.3 is 0 Å². The topological polar surface area (TPSA) is 100 Å². The molecule has 0 aliphatic carbocycles. The van der Waals surface area contributed by atoms with Crippen molar-refractivity contribution < 1.29 is 19.1 Å². The summed E-state index contributed by atoms with van der Waals surface area (Å²) in [6.45, 7) is 1.49. The molecule has 9 heteroatoms. The summed E-state index contributed by atoms with van der Waals surface area (Å²) in [5.74, 6) is -1.31. The highest BCUT2D eigenvalue weighted by molar-refractivity contribution is 6.17. The molecule has 4 rings (SSSR count). The van der Waals surface area contributed by atoms with E-state index in [9.17, 15) is 14.0 Å². The molecule has 0 spiro atoms. The fourth-order valence-electron chi connectivity index (χ4n) is 2.95. The van der Waals surface area contributed by atoms with Crippen molar-refractivity contribution in [3.63, 3.8) is 0 Å². The number of aliphatic hydroxyl groups is 1. The van der Waals surface area contributed by atoms with Gasteiger partial charge in [0.25, 0.3) is 11.8 Å². The zero-order chi connectivity index (χ0) is 19.8. The normalized spacial score (nSPS) is 14.1. The third kappa shape index (κ3) is 3.12. The lowest BCUT2D eigenvalue weighted by molar-refractivity contribution is -0.137. The number of hydrogen-bond donors (Lipinski definition) is 2. The minimum Gasteiger partial charge on any atom is -0.395 e. The third-order valence-electron chi connectivity index (χ3n) is 4.39. The molecule has 0 saturated heterocycles. The number of imide groups is 1. The number of aliphatic hydroxyl groups excluding tert-OH is 1. The largest absolute Gasteiger partial charge is 0.395 e. The minimum atomic E-state index is -0.492. The molecule has 2 N–H and O–H groups in total. The molecule has 1 aromatic heterocycles. The zero-order valence-corrected chi connectivity index (χ0v) is 14.9. The number of hydrogen-bond acceptors (Lipinski definition) is 6. The second-order valence-electron chi connectivity index (χ2n) is 6.32. The van der Waals surface area contributed by atoms with Gasteiger partial charge in [-0.15, -0.1) is 10.2 Å². The van der Waals surface area contributed by atoms with Crippen molar-refractivity contribution in [1.82, 2.24) is 19.9 Å². The van der Waals surface area contributed by atoms with Crippen LogP contribution in [-0.4, -0.2) is 50.0 Å². The molecule has 3 aromatic rings. The summed E-state index contributed by atoms with van der Waals surface area (Å²) in [6, 6.07) is 9.33. The van der Waals surface area contributed by atoms with Crippen LogP contribution in [0.4, 0.5) is 10.1 Å². The summed E-state index contributed by atoms with van der Waals surface area (Å²) < 4.78 is 13.1. The highest BCUT2D eigenvalue weighted by Gasteiger charge is 2.30. The second kappa shape index (κ2) is 6.86. The van der Waals surface area contributed by atoms with Crippen LogP contribution in [0.3, 0.4) is 0 Å². The number of aromatic nitrogens is 3. The van der Waals surface area contributed by atoms with Gasteiger partial charge in [0.05, 0.1) is 18.8 Å². The number of nitrogens with zero attached hydrogens (tertiary/aromatic N) is 4. The van der Waals surface area contributed by atoms with Gasteiger partial charge in [-0.25, -0.2) is 4.39 Å². The first-order chi connectivity index (χ1) is 13.5. The monoisotopic (exact) mass is 381 g/mol. The number of benzene rings is 2. The number of rotatable bonds is 5. The quantitative estimate of drug-likeness (QED) is 0.650. The number of nitrogens with one attached hydrogen (secondary N) is 1. The first kappa shape index (κ1) is 17.8. The summed E-state index contributed by atoms with van der Waals surface area (Å²) in [5.41, 5.74) is 3.37. The van der Waals surface area contributed by atoms with Gasteiger partial charge in [-0.1, -0.05) is 0 Å². The van der Waals surface area contributed by atoms with Crippen LogP contribution in [0.15, 0.2) is 48.2 Å². The molecule has 2 amide bonds. The zero-order valence-electron chi connectivity index (χ0n) is 14.9. The molecular formula is C19H16FN5O3. The molecule has 0 saturated carbocycles. The smallest absolute Gasteiger partial charge is 0.277 e. The molecule has 1 aliphatic rings. The molecule has 0 unspecified atom stereocenters. The Bertz CT molecular complexity index is 1120. The van der Waals surface area contributed by atoms with Crippen LogP contribution in [0.1, 0.15) is 5.56 Å². The van der Waals surface area contributed by atoms with E-state index in [-0.39, 0.29) is 24.7 Å². The van der Waals surface area contributed by atoms with Crippen LogP contribution in [0.5, 0.6) is 0 Å². The maximum Gasteiger partial charge on any atom is 0.277 e. The molecule has 8 nitrogen and oxygen atoms in total. The van der Waals surface area contributed by atoms with Gasteiger partial charge in [0, 0.05) is 11.8 Å². The lowest BCUT2D eigenvalue weighted by Crippen LogP contribution is -2.34. The lowest BCUT2D eigenvalue weighted by atomic mass is 10.1. The Hall–Kier alpha value is -3.59. The van der Waals surface area contributed by atoms with Crippen LogP contribution < -0.4 is 5.32 Å². The molecule has 142 valence electrons. The number of aryl methyl sites for hydroxylation is 1. The minimum absolute atomic E-state index is 0.0522. The van der Waals surface area contributed by atoms with E-state index in [1.165, 1.54) is 23.0 Å². The molecule has 0 radical (unpaired) electrons. The summed E-state index contributed by atoms with van der Waals surface area (Å²) in [4.78, 5) is 26.6. The molecule has 1 aliphatic heterocycles. The molecular weight excluding hydrogens is 365 g/mol. The van der Waals surface area contributed by atoms with Crippen molar-refractivity contribution in [3.8, 4) is 5.69 Å². The number of fused-ring (bicyclic) bond motifs is 1. The van der Waals surface area contributed by atoms with Gasteiger partial charge in [0.15, 0.2) is 0 Å². The Kier molecular flexibility index (Phi) is 4.36. The molecule has 28 heavy (non-hydrogen) atoms. The highest BCUT2D eigenvalue weighted by Crippen LogP contribution is 2.25.